The highest BCUT2D eigenvalue weighted by atomic mass is 15.1. The summed E-state index contributed by atoms with van der Waals surface area (Å²) in [6.07, 6.45) is 3.62. The topological polar surface area (TPSA) is 15.3 Å². The normalized spacial score (nSPS) is 19.1. The minimum Gasteiger partial charge on any atom is -0.316 e. The number of hydrogen-bond acceptors (Lipinski definition) is 2. The maximum atomic E-state index is 3.44. The molecule has 0 saturated heterocycles. The zero-order valence-electron chi connectivity index (χ0n) is 10.8. The molecule has 1 heterocycles. The summed E-state index contributed by atoms with van der Waals surface area (Å²) in [5.74, 6) is 0. The Hall–Kier alpha value is -0.340. The Kier molecular flexibility index (Phi) is 4.81. The minimum absolute atomic E-state index is 0.384. The summed E-state index contributed by atoms with van der Waals surface area (Å²) in [6, 6.07) is 0. The molecular formula is C13H26N2. The molecule has 0 aromatic heterocycles. The van der Waals surface area contributed by atoms with E-state index in [-0.39, 0.29) is 0 Å². The minimum atomic E-state index is 0.384. The van der Waals surface area contributed by atoms with Gasteiger partial charge in [-0.05, 0) is 25.3 Å². The van der Waals surface area contributed by atoms with Crippen LogP contribution in [0.2, 0.25) is 0 Å². The van der Waals surface area contributed by atoms with Crippen molar-refractivity contribution in [3.63, 3.8) is 0 Å². The van der Waals surface area contributed by atoms with Gasteiger partial charge in [0.2, 0.25) is 0 Å². The average molecular weight is 210 g/mol. The van der Waals surface area contributed by atoms with E-state index in [0.717, 1.165) is 19.6 Å². The van der Waals surface area contributed by atoms with Gasteiger partial charge >= 0.3 is 0 Å². The van der Waals surface area contributed by atoms with Crippen molar-refractivity contribution in [1.29, 1.82) is 0 Å². The first-order chi connectivity index (χ1) is 7.03. The number of nitrogens with one attached hydrogen (secondary N) is 1. The third-order valence-electron chi connectivity index (χ3n) is 3.03. The van der Waals surface area contributed by atoms with Gasteiger partial charge in [-0.3, -0.25) is 4.90 Å². The molecular weight excluding hydrogens is 184 g/mol. The van der Waals surface area contributed by atoms with Crippen LogP contribution in [0.25, 0.3) is 0 Å². The smallest absolute Gasteiger partial charge is 0.0166 e. The third kappa shape index (κ3) is 4.80. The van der Waals surface area contributed by atoms with E-state index in [2.05, 4.69) is 44.0 Å². The molecule has 0 aromatic carbocycles. The van der Waals surface area contributed by atoms with Crippen LogP contribution >= 0.6 is 0 Å². The fourth-order valence-corrected chi connectivity index (χ4v) is 2.08. The number of nitrogens with zero attached hydrogens (tertiary/aromatic N) is 1. The Balaban J connectivity index is 2.34. The van der Waals surface area contributed by atoms with E-state index >= 15 is 0 Å². The molecule has 0 fully saturated rings. The van der Waals surface area contributed by atoms with E-state index in [1.165, 1.54) is 19.5 Å². The van der Waals surface area contributed by atoms with Gasteiger partial charge in [0.1, 0.15) is 0 Å². The summed E-state index contributed by atoms with van der Waals surface area (Å²) < 4.78 is 0. The van der Waals surface area contributed by atoms with Crippen molar-refractivity contribution in [1.82, 2.24) is 10.2 Å². The molecule has 0 aromatic rings. The van der Waals surface area contributed by atoms with Crippen LogP contribution in [0.3, 0.4) is 0 Å². The van der Waals surface area contributed by atoms with Crippen molar-refractivity contribution < 1.29 is 0 Å². The fraction of sp³-hybridized carbons (Fsp3) is 0.846. The molecule has 0 bridgehead atoms. The molecule has 2 heteroatoms. The Morgan fingerprint density at radius 3 is 2.73 bits per heavy atom. The molecule has 0 radical (unpaired) electrons. The Morgan fingerprint density at radius 1 is 1.47 bits per heavy atom. The maximum absolute atomic E-state index is 3.44. The van der Waals surface area contributed by atoms with Crippen LogP contribution in [0, 0.1) is 5.41 Å². The predicted molar refractivity (Wildman–Crippen MR) is 67.1 cm³/mol. The van der Waals surface area contributed by atoms with E-state index in [1.807, 2.05) is 0 Å². The molecule has 88 valence electrons. The van der Waals surface area contributed by atoms with Gasteiger partial charge in [0.15, 0.2) is 0 Å². The molecule has 0 spiro atoms. The lowest BCUT2D eigenvalue weighted by atomic mass is 9.92. The highest BCUT2D eigenvalue weighted by molar-refractivity contribution is 5.04. The van der Waals surface area contributed by atoms with Gasteiger partial charge in [-0.25, -0.2) is 0 Å². The summed E-state index contributed by atoms with van der Waals surface area (Å²) in [5.41, 5.74) is 1.94. The summed E-state index contributed by atoms with van der Waals surface area (Å²) in [7, 11) is 0. The lowest BCUT2D eigenvalue weighted by Crippen LogP contribution is -2.42. The van der Waals surface area contributed by atoms with Gasteiger partial charge in [-0.1, -0.05) is 32.4 Å². The highest BCUT2D eigenvalue weighted by Crippen LogP contribution is 2.18. The van der Waals surface area contributed by atoms with Crippen LogP contribution in [0.15, 0.2) is 11.6 Å². The largest absolute Gasteiger partial charge is 0.316 e. The lowest BCUT2D eigenvalue weighted by molar-refractivity contribution is 0.185. The van der Waals surface area contributed by atoms with Crippen molar-refractivity contribution in [3.05, 3.63) is 11.6 Å². The SMILES string of the molecule is CCNCC(C)(C)CN1CC=C(C)CC1. The van der Waals surface area contributed by atoms with Gasteiger partial charge in [0.05, 0.1) is 0 Å². The van der Waals surface area contributed by atoms with Crippen LogP contribution in [0.1, 0.15) is 34.1 Å². The second-order valence-electron chi connectivity index (χ2n) is 5.48. The Bertz CT molecular complexity index is 219. The van der Waals surface area contributed by atoms with Crippen molar-refractivity contribution >= 4 is 0 Å². The standard InChI is InChI=1S/C13H26N2/c1-5-14-10-13(3,4)11-15-8-6-12(2)7-9-15/h6,14H,5,7-11H2,1-4H3. The fourth-order valence-electron chi connectivity index (χ4n) is 2.08. The van der Waals surface area contributed by atoms with Gasteiger partial charge in [0.25, 0.3) is 0 Å². The van der Waals surface area contributed by atoms with Crippen LogP contribution in [-0.4, -0.2) is 37.6 Å². The zero-order valence-corrected chi connectivity index (χ0v) is 10.8. The molecule has 1 rings (SSSR count). The Morgan fingerprint density at radius 2 is 2.20 bits per heavy atom. The van der Waals surface area contributed by atoms with Crippen molar-refractivity contribution in [2.75, 3.05) is 32.7 Å². The van der Waals surface area contributed by atoms with Crippen LogP contribution in [-0.2, 0) is 0 Å². The maximum Gasteiger partial charge on any atom is 0.0166 e. The van der Waals surface area contributed by atoms with Crippen LogP contribution in [0.5, 0.6) is 0 Å². The third-order valence-corrected chi connectivity index (χ3v) is 3.03. The molecule has 2 nitrogen and oxygen atoms in total. The van der Waals surface area contributed by atoms with Crippen molar-refractivity contribution in [2.45, 2.75) is 34.1 Å². The van der Waals surface area contributed by atoms with Crippen LogP contribution < -0.4 is 5.32 Å². The van der Waals surface area contributed by atoms with Gasteiger partial charge in [-0.15, -0.1) is 0 Å². The van der Waals surface area contributed by atoms with E-state index in [9.17, 15) is 0 Å². The van der Waals surface area contributed by atoms with E-state index in [0.29, 0.717) is 5.41 Å². The number of hydrogen-bond donors (Lipinski definition) is 1. The van der Waals surface area contributed by atoms with Gasteiger partial charge in [-0.2, -0.15) is 0 Å². The van der Waals surface area contributed by atoms with E-state index < -0.39 is 0 Å². The molecule has 0 aliphatic carbocycles. The summed E-state index contributed by atoms with van der Waals surface area (Å²) in [4.78, 5) is 2.56. The number of rotatable bonds is 5. The monoisotopic (exact) mass is 210 g/mol. The highest BCUT2D eigenvalue weighted by Gasteiger charge is 2.21. The second-order valence-corrected chi connectivity index (χ2v) is 5.48. The van der Waals surface area contributed by atoms with E-state index in [4.69, 9.17) is 0 Å². The quantitative estimate of drug-likeness (QED) is 0.700. The lowest BCUT2D eigenvalue weighted by Gasteiger charge is -2.34. The first-order valence-electron chi connectivity index (χ1n) is 6.12. The second kappa shape index (κ2) is 5.66. The van der Waals surface area contributed by atoms with Gasteiger partial charge in [0, 0.05) is 26.2 Å². The summed E-state index contributed by atoms with van der Waals surface area (Å²) in [6.45, 7) is 14.9. The predicted octanol–water partition coefficient (Wildman–Crippen LogP) is 2.27. The van der Waals surface area contributed by atoms with Crippen molar-refractivity contribution in [2.24, 2.45) is 5.41 Å². The molecule has 0 unspecified atom stereocenters. The summed E-state index contributed by atoms with van der Waals surface area (Å²) >= 11 is 0. The summed E-state index contributed by atoms with van der Waals surface area (Å²) in [5, 5.41) is 3.44. The first-order valence-corrected chi connectivity index (χ1v) is 6.12. The van der Waals surface area contributed by atoms with Gasteiger partial charge < -0.3 is 5.32 Å². The average Bonchev–Trinajstić information content (AvgIpc) is 2.18. The molecule has 1 aliphatic rings. The van der Waals surface area contributed by atoms with Crippen LogP contribution in [0.4, 0.5) is 0 Å². The van der Waals surface area contributed by atoms with Crippen molar-refractivity contribution in [3.8, 4) is 0 Å². The molecule has 0 amide bonds. The molecule has 0 saturated carbocycles. The van der Waals surface area contributed by atoms with E-state index in [1.54, 1.807) is 5.57 Å². The first kappa shape index (κ1) is 12.7. The molecule has 15 heavy (non-hydrogen) atoms. The molecule has 1 N–H and O–H groups in total. The zero-order chi connectivity index (χ0) is 11.3. The molecule has 1 aliphatic heterocycles. The Labute approximate surface area is 94.7 Å². The molecule has 0 atom stereocenters.